The monoisotopic (exact) mass is 436 g/mol. The fraction of sp³-hybridized carbons (Fsp3) is 0.536. The van der Waals surface area contributed by atoms with Crippen molar-refractivity contribution >= 4 is 5.69 Å². The molecule has 0 amide bonds. The van der Waals surface area contributed by atoms with Gasteiger partial charge in [0.05, 0.1) is 12.2 Å². The average molecular weight is 437 g/mol. The van der Waals surface area contributed by atoms with Crippen LogP contribution in [-0.4, -0.2) is 30.9 Å². The average Bonchev–Trinajstić information content (AvgIpc) is 2.72. The highest BCUT2D eigenvalue weighted by Gasteiger charge is 2.24. The van der Waals surface area contributed by atoms with Gasteiger partial charge in [0.25, 0.3) is 0 Å². The second kappa shape index (κ2) is 11.4. The molecule has 32 heavy (non-hydrogen) atoms. The molecular weight excluding hydrogens is 396 g/mol. The van der Waals surface area contributed by atoms with Gasteiger partial charge in [-0.05, 0) is 71.2 Å². The Morgan fingerprint density at radius 1 is 0.906 bits per heavy atom. The van der Waals surface area contributed by atoms with Crippen LogP contribution in [0.4, 0.5) is 5.69 Å². The van der Waals surface area contributed by atoms with Crippen molar-refractivity contribution in [2.45, 2.75) is 78.9 Å². The molecule has 0 unspecified atom stereocenters. The summed E-state index contributed by atoms with van der Waals surface area (Å²) in [5.74, 6) is 0.619. The van der Waals surface area contributed by atoms with E-state index in [9.17, 15) is 5.26 Å². The molecule has 0 aliphatic carbocycles. The van der Waals surface area contributed by atoms with Crippen LogP contribution in [-0.2, 0) is 4.74 Å². The standard InChI is InChI=1S/C28H40N2O2/c1-8-18-30(19-9-2)23-15-13-22(14-16-23)24-11-10-12-26(25(24)21-29)32-28(6,7)17-20-31-27(3,4)5/h10-16H,8-9,17-20H2,1-7H3. The highest BCUT2D eigenvalue weighted by Crippen LogP contribution is 2.34. The van der Waals surface area contributed by atoms with Crippen molar-refractivity contribution in [3.05, 3.63) is 48.0 Å². The second-order valence-electron chi connectivity index (χ2n) is 9.90. The predicted octanol–water partition coefficient (Wildman–Crippen LogP) is 7.21. The first-order valence-electron chi connectivity index (χ1n) is 11.8. The van der Waals surface area contributed by atoms with E-state index in [1.807, 2.05) is 52.8 Å². The van der Waals surface area contributed by atoms with Crippen LogP contribution in [0.3, 0.4) is 0 Å². The highest BCUT2D eigenvalue weighted by atomic mass is 16.5. The molecule has 0 N–H and O–H groups in total. The molecule has 4 nitrogen and oxygen atoms in total. The molecule has 0 radical (unpaired) electrons. The molecule has 4 heteroatoms. The van der Waals surface area contributed by atoms with E-state index in [0.29, 0.717) is 17.9 Å². The SMILES string of the molecule is CCCN(CCC)c1ccc(-c2cccc(OC(C)(C)CCOC(C)(C)C)c2C#N)cc1. The number of rotatable bonds is 11. The van der Waals surface area contributed by atoms with Gasteiger partial charge in [0, 0.05) is 30.8 Å². The Balaban J connectivity index is 2.24. The number of hydrogen-bond acceptors (Lipinski definition) is 4. The van der Waals surface area contributed by atoms with Crippen molar-refractivity contribution in [2.75, 3.05) is 24.6 Å². The summed E-state index contributed by atoms with van der Waals surface area (Å²) in [6, 6.07) is 16.7. The first kappa shape index (κ1) is 25.7. The van der Waals surface area contributed by atoms with Crippen LogP contribution in [0.2, 0.25) is 0 Å². The Bertz CT molecular complexity index is 883. The molecule has 0 fully saturated rings. The summed E-state index contributed by atoms with van der Waals surface area (Å²) in [6.07, 6.45) is 2.98. The summed E-state index contributed by atoms with van der Waals surface area (Å²) in [4.78, 5) is 2.41. The molecular formula is C28H40N2O2. The van der Waals surface area contributed by atoms with E-state index in [1.54, 1.807) is 0 Å². The predicted molar refractivity (Wildman–Crippen MR) is 134 cm³/mol. The van der Waals surface area contributed by atoms with Crippen LogP contribution in [0, 0.1) is 11.3 Å². The first-order valence-corrected chi connectivity index (χ1v) is 11.8. The van der Waals surface area contributed by atoms with E-state index in [2.05, 4.69) is 49.1 Å². The third-order valence-electron chi connectivity index (χ3n) is 5.29. The van der Waals surface area contributed by atoms with Crippen molar-refractivity contribution in [2.24, 2.45) is 0 Å². The summed E-state index contributed by atoms with van der Waals surface area (Å²) in [7, 11) is 0. The summed E-state index contributed by atoms with van der Waals surface area (Å²) in [5.41, 5.74) is 3.10. The lowest BCUT2D eigenvalue weighted by Gasteiger charge is -2.29. The van der Waals surface area contributed by atoms with Gasteiger partial charge in [-0.2, -0.15) is 5.26 Å². The Hall–Kier alpha value is -2.51. The zero-order chi connectivity index (χ0) is 23.8. The largest absolute Gasteiger partial charge is 0.486 e. The zero-order valence-corrected chi connectivity index (χ0v) is 21.0. The maximum Gasteiger partial charge on any atom is 0.138 e. The number of hydrogen-bond donors (Lipinski definition) is 0. The van der Waals surface area contributed by atoms with E-state index in [0.717, 1.165) is 43.5 Å². The van der Waals surface area contributed by atoms with Crippen LogP contribution in [0.1, 0.15) is 73.3 Å². The van der Waals surface area contributed by atoms with Crippen LogP contribution in [0.15, 0.2) is 42.5 Å². The molecule has 0 saturated heterocycles. The third-order valence-corrected chi connectivity index (χ3v) is 5.29. The quantitative estimate of drug-likeness (QED) is 0.373. The lowest BCUT2D eigenvalue weighted by molar-refractivity contribution is -0.0293. The Morgan fingerprint density at radius 2 is 1.53 bits per heavy atom. The van der Waals surface area contributed by atoms with Crippen molar-refractivity contribution in [1.29, 1.82) is 5.26 Å². The maximum absolute atomic E-state index is 9.96. The van der Waals surface area contributed by atoms with Crippen molar-refractivity contribution in [1.82, 2.24) is 0 Å². The molecule has 0 aliphatic rings. The summed E-state index contributed by atoms with van der Waals surface area (Å²) in [5, 5.41) is 9.96. The highest BCUT2D eigenvalue weighted by molar-refractivity contribution is 5.75. The minimum Gasteiger partial charge on any atom is -0.486 e. The van der Waals surface area contributed by atoms with E-state index in [-0.39, 0.29) is 5.60 Å². The molecule has 0 heterocycles. The Kier molecular flexibility index (Phi) is 9.16. The van der Waals surface area contributed by atoms with Crippen molar-refractivity contribution in [3.8, 4) is 22.9 Å². The van der Waals surface area contributed by atoms with Gasteiger partial charge in [0.1, 0.15) is 23.0 Å². The van der Waals surface area contributed by atoms with Gasteiger partial charge < -0.3 is 14.4 Å². The van der Waals surface area contributed by atoms with Gasteiger partial charge in [-0.15, -0.1) is 0 Å². The van der Waals surface area contributed by atoms with Crippen LogP contribution >= 0.6 is 0 Å². The number of ether oxygens (including phenoxy) is 2. The fourth-order valence-electron chi connectivity index (χ4n) is 3.69. The van der Waals surface area contributed by atoms with E-state index >= 15 is 0 Å². The number of nitrogens with zero attached hydrogens (tertiary/aromatic N) is 2. The summed E-state index contributed by atoms with van der Waals surface area (Å²) < 4.78 is 12.2. The number of anilines is 1. The van der Waals surface area contributed by atoms with Crippen molar-refractivity contribution < 1.29 is 9.47 Å². The molecule has 0 saturated carbocycles. The topological polar surface area (TPSA) is 45.5 Å². The van der Waals surface area contributed by atoms with Gasteiger partial charge in [-0.25, -0.2) is 0 Å². The molecule has 0 spiro atoms. The fourth-order valence-corrected chi connectivity index (χ4v) is 3.69. The normalized spacial score (nSPS) is 11.8. The molecule has 0 aromatic heterocycles. The van der Waals surface area contributed by atoms with E-state index in [4.69, 9.17) is 9.47 Å². The second-order valence-corrected chi connectivity index (χ2v) is 9.90. The van der Waals surface area contributed by atoms with Crippen molar-refractivity contribution in [3.63, 3.8) is 0 Å². The maximum atomic E-state index is 9.96. The van der Waals surface area contributed by atoms with E-state index in [1.165, 1.54) is 5.69 Å². The molecule has 0 atom stereocenters. The van der Waals surface area contributed by atoms with Gasteiger partial charge in [0.15, 0.2) is 0 Å². The Morgan fingerprint density at radius 3 is 2.06 bits per heavy atom. The molecule has 0 bridgehead atoms. The summed E-state index contributed by atoms with van der Waals surface area (Å²) >= 11 is 0. The molecule has 2 rings (SSSR count). The van der Waals surface area contributed by atoms with E-state index < -0.39 is 5.60 Å². The number of nitriles is 1. The number of benzene rings is 2. The van der Waals surface area contributed by atoms with Crippen LogP contribution < -0.4 is 9.64 Å². The third kappa shape index (κ3) is 7.57. The lowest BCUT2D eigenvalue weighted by atomic mass is 9.98. The molecule has 0 aliphatic heterocycles. The van der Waals surface area contributed by atoms with Crippen LogP contribution in [0.25, 0.3) is 11.1 Å². The van der Waals surface area contributed by atoms with Gasteiger partial charge in [-0.1, -0.05) is 38.1 Å². The summed E-state index contributed by atoms with van der Waals surface area (Å²) in [6.45, 7) is 17.3. The zero-order valence-electron chi connectivity index (χ0n) is 21.0. The van der Waals surface area contributed by atoms with Gasteiger partial charge in [0.2, 0.25) is 0 Å². The molecule has 174 valence electrons. The molecule has 2 aromatic rings. The van der Waals surface area contributed by atoms with Gasteiger partial charge >= 0.3 is 0 Å². The minimum absolute atomic E-state index is 0.177. The first-order chi connectivity index (χ1) is 15.1. The Labute approximate surface area is 195 Å². The lowest BCUT2D eigenvalue weighted by Crippen LogP contribution is -2.32. The minimum atomic E-state index is -0.444. The van der Waals surface area contributed by atoms with Gasteiger partial charge in [-0.3, -0.25) is 0 Å². The smallest absolute Gasteiger partial charge is 0.138 e. The van der Waals surface area contributed by atoms with Crippen LogP contribution in [0.5, 0.6) is 5.75 Å². The molecule has 2 aromatic carbocycles.